The van der Waals surface area contributed by atoms with E-state index in [1.165, 1.54) is 32.1 Å². The fourth-order valence-corrected chi connectivity index (χ4v) is 3.29. The number of rotatable bonds is 4. The van der Waals surface area contributed by atoms with Crippen molar-refractivity contribution in [2.24, 2.45) is 11.3 Å². The molecule has 112 valence electrons. The Hall–Kier alpha value is -1.18. The van der Waals surface area contributed by atoms with Gasteiger partial charge in [0.15, 0.2) is 0 Å². The molecule has 1 aliphatic rings. The van der Waals surface area contributed by atoms with Gasteiger partial charge in [-0.05, 0) is 67.7 Å². The molecule has 2 heteroatoms. The molecule has 0 atom stereocenters. The molecule has 2 nitrogen and oxygen atoms in total. The van der Waals surface area contributed by atoms with Crippen molar-refractivity contribution in [1.82, 2.24) is 0 Å². The van der Waals surface area contributed by atoms with Crippen molar-refractivity contribution in [3.8, 4) is 5.75 Å². The van der Waals surface area contributed by atoms with Gasteiger partial charge in [-0.1, -0.05) is 27.2 Å². The van der Waals surface area contributed by atoms with Crippen LogP contribution in [-0.2, 0) is 0 Å². The van der Waals surface area contributed by atoms with Gasteiger partial charge in [-0.3, -0.25) is 0 Å². The smallest absolute Gasteiger partial charge is 0.118 e. The minimum absolute atomic E-state index is 0.379. The molecule has 0 heterocycles. The predicted octanol–water partition coefficient (Wildman–Crippen LogP) is 5.11. The van der Waals surface area contributed by atoms with E-state index in [1.807, 2.05) is 19.1 Å². The van der Waals surface area contributed by atoms with E-state index in [0.29, 0.717) is 17.2 Å². The summed E-state index contributed by atoms with van der Waals surface area (Å²) in [6.07, 6.45) is 6.44. The second-order valence-corrected chi connectivity index (χ2v) is 7.04. The molecule has 0 bridgehead atoms. The molecule has 1 aliphatic carbocycles. The highest BCUT2D eigenvalue weighted by molar-refractivity contribution is 5.50. The lowest BCUT2D eigenvalue weighted by Crippen LogP contribution is -2.32. The first-order valence-electron chi connectivity index (χ1n) is 7.98. The summed E-state index contributed by atoms with van der Waals surface area (Å²) in [6.45, 7) is 9.08. The Labute approximate surface area is 123 Å². The third-order valence-corrected chi connectivity index (χ3v) is 5.31. The Bertz CT molecular complexity index is 445. The molecule has 0 unspecified atom stereocenters. The zero-order valence-corrected chi connectivity index (χ0v) is 13.4. The maximum absolute atomic E-state index is 9.57. The number of phenols is 1. The highest BCUT2D eigenvalue weighted by Gasteiger charge is 2.31. The lowest BCUT2D eigenvalue weighted by Gasteiger charge is -2.39. The first-order valence-corrected chi connectivity index (χ1v) is 7.98. The molecule has 0 aliphatic heterocycles. The first kappa shape index (κ1) is 15.2. The van der Waals surface area contributed by atoms with Gasteiger partial charge < -0.3 is 10.4 Å². The summed E-state index contributed by atoms with van der Waals surface area (Å²) in [5.41, 5.74) is 2.56. The van der Waals surface area contributed by atoms with Crippen molar-refractivity contribution >= 4 is 5.69 Å². The number of hydrogen-bond donors (Lipinski definition) is 2. The van der Waals surface area contributed by atoms with Gasteiger partial charge in [-0.15, -0.1) is 0 Å². The SMILES string of the molecule is CCC(C)(C)C1CCC(Nc2ccc(O)c(C)c2)CC1. The van der Waals surface area contributed by atoms with Crippen LogP contribution in [0.5, 0.6) is 5.75 Å². The number of hydrogen-bond acceptors (Lipinski definition) is 2. The largest absolute Gasteiger partial charge is 0.508 e. The Balaban J connectivity index is 1.90. The number of aromatic hydroxyl groups is 1. The van der Waals surface area contributed by atoms with E-state index in [4.69, 9.17) is 0 Å². The van der Waals surface area contributed by atoms with Gasteiger partial charge in [-0.25, -0.2) is 0 Å². The molecule has 1 fully saturated rings. The molecular weight excluding hydrogens is 246 g/mol. The van der Waals surface area contributed by atoms with E-state index in [0.717, 1.165) is 17.2 Å². The normalized spacial score (nSPS) is 23.6. The Morgan fingerprint density at radius 2 is 1.85 bits per heavy atom. The second-order valence-electron chi connectivity index (χ2n) is 7.04. The number of nitrogens with one attached hydrogen (secondary N) is 1. The molecule has 0 spiro atoms. The average molecular weight is 275 g/mol. The van der Waals surface area contributed by atoms with Crippen LogP contribution >= 0.6 is 0 Å². The van der Waals surface area contributed by atoms with Crippen molar-refractivity contribution < 1.29 is 5.11 Å². The summed E-state index contributed by atoms with van der Waals surface area (Å²) in [5, 5.41) is 13.2. The molecule has 1 aromatic carbocycles. The number of benzene rings is 1. The summed E-state index contributed by atoms with van der Waals surface area (Å²) < 4.78 is 0. The fraction of sp³-hybridized carbons (Fsp3) is 0.667. The fourth-order valence-electron chi connectivity index (χ4n) is 3.29. The summed E-state index contributed by atoms with van der Waals surface area (Å²) in [4.78, 5) is 0. The average Bonchev–Trinajstić information content (AvgIpc) is 2.43. The van der Waals surface area contributed by atoms with Crippen LogP contribution in [0.1, 0.15) is 58.4 Å². The van der Waals surface area contributed by atoms with Gasteiger partial charge in [-0.2, -0.15) is 0 Å². The molecule has 0 aromatic heterocycles. The van der Waals surface area contributed by atoms with Gasteiger partial charge in [0.1, 0.15) is 5.75 Å². The Morgan fingerprint density at radius 1 is 1.20 bits per heavy atom. The van der Waals surface area contributed by atoms with Crippen molar-refractivity contribution in [2.75, 3.05) is 5.32 Å². The van der Waals surface area contributed by atoms with Gasteiger partial charge in [0, 0.05) is 11.7 Å². The highest BCUT2D eigenvalue weighted by Crippen LogP contribution is 2.41. The lowest BCUT2D eigenvalue weighted by atomic mass is 9.69. The summed E-state index contributed by atoms with van der Waals surface area (Å²) in [6, 6.07) is 6.38. The molecule has 0 radical (unpaired) electrons. The van der Waals surface area contributed by atoms with Crippen LogP contribution < -0.4 is 5.32 Å². The van der Waals surface area contributed by atoms with Crippen LogP contribution in [0.3, 0.4) is 0 Å². The molecular formula is C18H29NO. The Kier molecular flexibility index (Phi) is 4.62. The van der Waals surface area contributed by atoms with Crippen LogP contribution in [0.15, 0.2) is 18.2 Å². The third kappa shape index (κ3) is 3.47. The minimum atomic E-state index is 0.379. The van der Waals surface area contributed by atoms with E-state index in [-0.39, 0.29) is 0 Å². The molecule has 1 saturated carbocycles. The van der Waals surface area contributed by atoms with Crippen LogP contribution in [0, 0.1) is 18.3 Å². The van der Waals surface area contributed by atoms with E-state index in [2.05, 4.69) is 26.1 Å². The predicted molar refractivity (Wildman–Crippen MR) is 86.3 cm³/mol. The number of anilines is 1. The molecule has 0 amide bonds. The highest BCUT2D eigenvalue weighted by atomic mass is 16.3. The van der Waals surface area contributed by atoms with Crippen LogP contribution in [-0.4, -0.2) is 11.1 Å². The van der Waals surface area contributed by atoms with Crippen LogP contribution in [0.25, 0.3) is 0 Å². The molecule has 2 rings (SSSR count). The van der Waals surface area contributed by atoms with Crippen molar-refractivity contribution in [1.29, 1.82) is 0 Å². The zero-order chi connectivity index (χ0) is 14.8. The van der Waals surface area contributed by atoms with E-state index in [1.54, 1.807) is 6.07 Å². The zero-order valence-electron chi connectivity index (χ0n) is 13.4. The standard InChI is InChI=1S/C18H29NO/c1-5-18(3,4)14-6-8-15(9-7-14)19-16-10-11-17(20)13(2)12-16/h10-12,14-15,19-20H,5-9H2,1-4H3. The second kappa shape index (κ2) is 6.07. The van der Waals surface area contributed by atoms with E-state index < -0.39 is 0 Å². The van der Waals surface area contributed by atoms with Gasteiger partial charge in [0.05, 0.1) is 0 Å². The van der Waals surface area contributed by atoms with E-state index in [9.17, 15) is 5.11 Å². The Morgan fingerprint density at radius 3 is 2.40 bits per heavy atom. The molecule has 2 N–H and O–H groups in total. The maximum Gasteiger partial charge on any atom is 0.118 e. The number of phenolic OH excluding ortho intramolecular Hbond substituents is 1. The summed E-state index contributed by atoms with van der Waals surface area (Å²) in [7, 11) is 0. The van der Waals surface area contributed by atoms with Crippen molar-refractivity contribution in [2.45, 2.75) is 65.8 Å². The molecule has 20 heavy (non-hydrogen) atoms. The van der Waals surface area contributed by atoms with Crippen LogP contribution in [0.2, 0.25) is 0 Å². The topological polar surface area (TPSA) is 32.3 Å². The van der Waals surface area contributed by atoms with Gasteiger partial charge in [0.2, 0.25) is 0 Å². The van der Waals surface area contributed by atoms with Gasteiger partial charge in [0.25, 0.3) is 0 Å². The number of aryl methyl sites for hydroxylation is 1. The lowest BCUT2D eigenvalue weighted by molar-refractivity contribution is 0.147. The molecule has 1 aromatic rings. The summed E-state index contributed by atoms with van der Waals surface area (Å²) in [5.74, 6) is 1.25. The van der Waals surface area contributed by atoms with E-state index >= 15 is 0 Å². The van der Waals surface area contributed by atoms with Crippen LogP contribution in [0.4, 0.5) is 5.69 Å². The van der Waals surface area contributed by atoms with Crippen molar-refractivity contribution in [3.63, 3.8) is 0 Å². The molecule has 0 saturated heterocycles. The summed E-state index contributed by atoms with van der Waals surface area (Å²) >= 11 is 0. The third-order valence-electron chi connectivity index (χ3n) is 5.31. The minimum Gasteiger partial charge on any atom is -0.508 e. The quantitative estimate of drug-likeness (QED) is 0.749. The van der Waals surface area contributed by atoms with Crippen molar-refractivity contribution in [3.05, 3.63) is 23.8 Å². The first-order chi connectivity index (χ1) is 9.42. The maximum atomic E-state index is 9.57. The van der Waals surface area contributed by atoms with Gasteiger partial charge >= 0.3 is 0 Å². The monoisotopic (exact) mass is 275 g/mol.